The van der Waals surface area contributed by atoms with Gasteiger partial charge in [0, 0.05) is 5.57 Å². The number of rotatable bonds is 5. The number of ether oxygens (including phenoxy) is 1. The van der Waals surface area contributed by atoms with E-state index < -0.39 is 0 Å². The summed E-state index contributed by atoms with van der Waals surface area (Å²) in [6, 6.07) is 0. The summed E-state index contributed by atoms with van der Waals surface area (Å²) in [4.78, 5) is 11.1. The van der Waals surface area contributed by atoms with Gasteiger partial charge in [-0.25, -0.2) is 4.79 Å². The molecule has 0 saturated carbocycles. The Balaban J connectivity index is 0. The third-order valence-electron chi connectivity index (χ3n) is 1.72. The molecule has 0 aliphatic rings. The normalized spacial score (nSPS) is 10.3. The van der Waals surface area contributed by atoms with E-state index in [0.29, 0.717) is 16.8 Å². The summed E-state index contributed by atoms with van der Waals surface area (Å²) in [5.74, 6) is -0.303. The van der Waals surface area contributed by atoms with E-state index in [1.807, 2.05) is 14.1 Å². The highest BCUT2D eigenvalue weighted by Gasteiger charge is 2.16. The Labute approximate surface area is 97.1 Å². The number of quaternary nitrogens is 1. The molecule has 0 rings (SSSR count). The van der Waals surface area contributed by atoms with Gasteiger partial charge in [0.1, 0.15) is 0 Å². The van der Waals surface area contributed by atoms with Gasteiger partial charge in [0.05, 0.1) is 20.6 Å². The summed E-state index contributed by atoms with van der Waals surface area (Å²) in [6.07, 6.45) is 1.08. The van der Waals surface area contributed by atoms with Crippen molar-refractivity contribution in [1.82, 2.24) is 0 Å². The van der Waals surface area contributed by atoms with Crippen molar-refractivity contribution in [2.45, 2.75) is 20.3 Å². The number of hydrogen-bond donors (Lipinski definition) is 0. The minimum absolute atomic E-state index is 0. The molecule has 0 aromatic carbocycles. The first-order chi connectivity index (χ1) is 5.89. The zero-order valence-corrected chi connectivity index (χ0v) is 11.1. The Kier molecular flexibility index (Phi) is 8.06. The van der Waals surface area contributed by atoms with Crippen LogP contribution in [0.15, 0.2) is 12.2 Å². The number of nitrogens with zero attached hydrogens (tertiary/aromatic N) is 1. The Morgan fingerprint density at radius 2 is 1.93 bits per heavy atom. The molecule has 0 aliphatic heterocycles. The molecule has 0 heterocycles. The van der Waals surface area contributed by atoms with Crippen LogP contribution in [0.3, 0.4) is 0 Å². The molecule has 14 heavy (non-hydrogen) atoms. The number of esters is 1. The molecule has 0 aromatic rings. The molecule has 0 aliphatic carbocycles. The minimum Gasteiger partial charge on any atom is -1.00 e. The van der Waals surface area contributed by atoms with E-state index in [-0.39, 0.29) is 23.0 Å². The van der Waals surface area contributed by atoms with Crippen molar-refractivity contribution in [1.29, 1.82) is 0 Å². The van der Waals surface area contributed by atoms with Crippen LogP contribution in [-0.2, 0) is 9.53 Å². The fourth-order valence-electron chi connectivity index (χ4n) is 1.03. The van der Waals surface area contributed by atoms with Crippen molar-refractivity contribution in [3.05, 3.63) is 12.2 Å². The van der Waals surface area contributed by atoms with Crippen LogP contribution in [0.25, 0.3) is 0 Å². The van der Waals surface area contributed by atoms with Gasteiger partial charge >= 0.3 is 5.97 Å². The topological polar surface area (TPSA) is 26.3 Å². The Morgan fingerprint density at radius 3 is 2.29 bits per heavy atom. The molecule has 3 nitrogen and oxygen atoms in total. The molecule has 0 N–H and O–H groups in total. The van der Waals surface area contributed by atoms with Gasteiger partial charge < -0.3 is 21.7 Å². The third-order valence-corrected chi connectivity index (χ3v) is 1.72. The van der Waals surface area contributed by atoms with Crippen LogP contribution in [0.4, 0.5) is 0 Å². The van der Waals surface area contributed by atoms with E-state index >= 15 is 0 Å². The standard InChI is InChI=1S/C10H20NO2.BrH/c1-6-7-11(4,5)8-13-10(12)9(2)3;/h2,6-8H2,1,3-5H3;1H/q+1;/p-1. The molecule has 0 unspecified atom stereocenters. The van der Waals surface area contributed by atoms with Gasteiger partial charge in [-0.1, -0.05) is 13.5 Å². The molecule has 0 amide bonds. The second-order valence-electron chi connectivity index (χ2n) is 4.00. The first-order valence-electron chi connectivity index (χ1n) is 4.53. The molecular formula is C10H20BrNO2. The fourth-order valence-corrected chi connectivity index (χ4v) is 1.03. The van der Waals surface area contributed by atoms with Crippen molar-refractivity contribution in [3.8, 4) is 0 Å². The van der Waals surface area contributed by atoms with Crippen LogP contribution in [0.5, 0.6) is 0 Å². The molecular weight excluding hydrogens is 246 g/mol. The lowest BCUT2D eigenvalue weighted by Gasteiger charge is -2.28. The maximum atomic E-state index is 11.1. The van der Waals surface area contributed by atoms with Crippen LogP contribution >= 0.6 is 0 Å². The Hall–Kier alpha value is -0.350. The van der Waals surface area contributed by atoms with Gasteiger partial charge in [-0.2, -0.15) is 0 Å². The van der Waals surface area contributed by atoms with Gasteiger partial charge in [-0.05, 0) is 13.3 Å². The molecule has 0 radical (unpaired) electrons. The molecule has 0 saturated heterocycles. The first-order valence-corrected chi connectivity index (χ1v) is 4.53. The maximum Gasteiger partial charge on any atom is 0.337 e. The molecule has 0 spiro atoms. The summed E-state index contributed by atoms with van der Waals surface area (Å²) in [7, 11) is 4.07. The van der Waals surface area contributed by atoms with Gasteiger partial charge in [0.15, 0.2) is 0 Å². The van der Waals surface area contributed by atoms with Crippen molar-refractivity contribution in [2.24, 2.45) is 0 Å². The van der Waals surface area contributed by atoms with Crippen molar-refractivity contribution in [2.75, 3.05) is 27.4 Å². The van der Waals surface area contributed by atoms with Gasteiger partial charge in [0.25, 0.3) is 0 Å². The van der Waals surface area contributed by atoms with Crippen LogP contribution in [0.1, 0.15) is 20.3 Å². The Bertz CT molecular complexity index is 202. The fraction of sp³-hybridized carbons (Fsp3) is 0.700. The second-order valence-corrected chi connectivity index (χ2v) is 4.00. The van der Waals surface area contributed by atoms with Crippen molar-refractivity contribution < 1.29 is 31.0 Å². The van der Waals surface area contributed by atoms with Crippen LogP contribution in [0.2, 0.25) is 0 Å². The third kappa shape index (κ3) is 7.09. The zero-order valence-electron chi connectivity index (χ0n) is 9.47. The first kappa shape index (κ1) is 16.1. The lowest BCUT2D eigenvalue weighted by atomic mass is 10.4. The minimum atomic E-state index is -0.303. The van der Waals surface area contributed by atoms with Crippen LogP contribution in [0, 0.1) is 0 Å². The lowest BCUT2D eigenvalue weighted by Crippen LogP contribution is -3.00. The lowest BCUT2D eigenvalue weighted by molar-refractivity contribution is -0.907. The summed E-state index contributed by atoms with van der Waals surface area (Å²) in [5, 5.41) is 0. The van der Waals surface area contributed by atoms with E-state index in [0.717, 1.165) is 13.0 Å². The summed E-state index contributed by atoms with van der Waals surface area (Å²) >= 11 is 0. The van der Waals surface area contributed by atoms with E-state index in [1.54, 1.807) is 6.92 Å². The molecule has 0 fully saturated rings. The molecule has 0 bridgehead atoms. The van der Waals surface area contributed by atoms with Crippen molar-refractivity contribution >= 4 is 5.97 Å². The second kappa shape index (κ2) is 7.01. The number of carbonyl (C=O) groups excluding carboxylic acids is 1. The maximum absolute atomic E-state index is 11.1. The number of carbonyl (C=O) groups is 1. The quantitative estimate of drug-likeness (QED) is 0.263. The molecule has 0 aromatic heterocycles. The predicted molar refractivity (Wildman–Crippen MR) is 53.0 cm³/mol. The molecule has 4 heteroatoms. The van der Waals surface area contributed by atoms with E-state index in [9.17, 15) is 4.79 Å². The highest BCUT2D eigenvalue weighted by atomic mass is 79.9. The average molecular weight is 266 g/mol. The largest absolute Gasteiger partial charge is 1.00 e. The summed E-state index contributed by atoms with van der Waals surface area (Å²) in [5.41, 5.74) is 0.455. The van der Waals surface area contributed by atoms with Crippen LogP contribution in [-0.4, -0.2) is 37.8 Å². The molecule has 0 atom stereocenters. The zero-order chi connectivity index (χ0) is 10.5. The number of hydrogen-bond acceptors (Lipinski definition) is 2. The monoisotopic (exact) mass is 265 g/mol. The average Bonchev–Trinajstić information content (AvgIpc) is 2.00. The smallest absolute Gasteiger partial charge is 0.337 e. The highest BCUT2D eigenvalue weighted by Crippen LogP contribution is 2.01. The summed E-state index contributed by atoms with van der Waals surface area (Å²) in [6.45, 7) is 8.71. The SMILES string of the molecule is C=C(C)C(=O)OC[N+](C)(C)CCC.[Br-]. The van der Waals surface area contributed by atoms with Gasteiger partial charge in [-0.15, -0.1) is 0 Å². The van der Waals surface area contributed by atoms with Crippen LogP contribution < -0.4 is 17.0 Å². The summed E-state index contributed by atoms with van der Waals surface area (Å²) < 4.78 is 5.76. The van der Waals surface area contributed by atoms with E-state index in [1.165, 1.54) is 0 Å². The highest BCUT2D eigenvalue weighted by molar-refractivity contribution is 5.86. The van der Waals surface area contributed by atoms with E-state index in [4.69, 9.17) is 4.74 Å². The van der Waals surface area contributed by atoms with E-state index in [2.05, 4.69) is 13.5 Å². The van der Waals surface area contributed by atoms with Gasteiger partial charge in [-0.3, -0.25) is 4.48 Å². The Morgan fingerprint density at radius 1 is 1.43 bits per heavy atom. The van der Waals surface area contributed by atoms with Gasteiger partial charge in [0.2, 0.25) is 6.73 Å². The predicted octanol–water partition coefficient (Wildman–Crippen LogP) is -1.45. The molecule has 84 valence electrons. The number of halogens is 1. The van der Waals surface area contributed by atoms with Crippen molar-refractivity contribution in [3.63, 3.8) is 0 Å².